The Bertz CT molecular complexity index is 797. The van der Waals surface area contributed by atoms with Crippen molar-refractivity contribution in [1.29, 1.82) is 0 Å². The Balaban J connectivity index is 2.15. The molecule has 3 aromatic rings. The molecule has 0 spiro atoms. The lowest BCUT2D eigenvalue weighted by Gasteiger charge is -2.05. The fraction of sp³-hybridized carbons (Fsp3) is 0. The molecule has 0 unspecified atom stereocenters. The smallest absolute Gasteiger partial charge is 0.251 e. The molecule has 3 rings (SSSR count). The SMILES string of the molecule is O=c1cc(-c2cccc(Cl)c2)nc(-c2ccccc2)[nH]1. The second kappa shape index (κ2) is 5.31. The number of nitrogens with one attached hydrogen (secondary N) is 1. The van der Waals surface area contributed by atoms with Crippen LogP contribution in [0.1, 0.15) is 0 Å². The Hall–Kier alpha value is -2.39. The third kappa shape index (κ3) is 2.63. The van der Waals surface area contributed by atoms with Gasteiger partial charge in [0.05, 0.1) is 5.69 Å². The van der Waals surface area contributed by atoms with Crippen LogP contribution < -0.4 is 5.56 Å². The lowest BCUT2D eigenvalue weighted by molar-refractivity contribution is 1.13. The van der Waals surface area contributed by atoms with E-state index in [-0.39, 0.29) is 5.56 Å². The quantitative estimate of drug-likeness (QED) is 0.778. The predicted molar refractivity (Wildman–Crippen MR) is 80.7 cm³/mol. The van der Waals surface area contributed by atoms with Gasteiger partial charge in [0.2, 0.25) is 0 Å². The average molecular weight is 283 g/mol. The zero-order valence-electron chi connectivity index (χ0n) is 10.5. The zero-order chi connectivity index (χ0) is 13.9. The van der Waals surface area contributed by atoms with Gasteiger partial charge in [-0.05, 0) is 12.1 Å². The standard InChI is InChI=1S/C16H11ClN2O/c17-13-8-4-7-12(9-13)14-10-15(20)19-16(18-14)11-5-2-1-3-6-11/h1-10H,(H,18,19,20). The fourth-order valence-corrected chi connectivity index (χ4v) is 2.18. The minimum Gasteiger partial charge on any atom is -0.306 e. The molecule has 0 atom stereocenters. The largest absolute Gasteiger partial charge is 0.306 e. The molecule has 1 aromatic heterocycles. The maximum Gasteiger partial charge on any atom is 0.251 e. The van der Waals surface area contributed by atoms with E-state index < -0.39 is 0 Å². The second-order valence-corrected chi connectivity index (χ2v) is 4.79. The Morgan fingerprint density at radius 2 is 1.65 bits per heavy atom. The van der Waals surface area contributed by atoms with E-state index in [0.717, 1.165) is 11.1 Å². The van der Waals surface area contributed by atoms with E-state index in [9.17, 15) is 4.79 Å². The van der Waals surface area contributed by atoms with E-state index in [1.807, 2.05) is 42.5 Å². The van der Waals surface area contributed by atoms with Crippen molar-refractivity contribution in [3.63, 3.8) is 0 Å². The molecule has 4 heteroatoms. The van der Waals surface area contributed by atoms with E-state index in [1.54, 1.807) is 12.1 Å². The number of H-pyrrole nitrogens is 1. The van der Waals surface area contributed by atoms with Crippen molar-refractivity contribution in [2.75, 3.05) is 0 Å². The van der Waals surface area contributed by atoms with Crippen molar-refractivity contribution in [3.8, 4) is 22.6 Å². The number of hydrogen-bond acceptors (Lipinski definition) is 2. The van der Waals surface area contributed by atoms with E-state index >= 15 is 0 Å². The van der Waals surface area contributed by atoms with Crippen LogP contribution in [0.25, 0.3) is 22.6 Å². The van der Waals surface area contributed by atoms with Gasteiger partial charge in [0.25, 0.3) is 5.56 Å². The molecule has 98 valence electrons. The average Bonchev–Trinajstić information content (AvgIpc) is 2.47. The molecular formula is C16H11ClN2O. The lowest BCUT2D eigenvalue weighted by atomic mass is 10.1. The zero-order valence-corrected chi connectivity index (χ0v) is 11.3. The summed E-state index contributed by atoms with van der Waals surface area (Å²) in [4.78, 5) is 19.1. The van der Waals surface area contributed by atoms with Crippen LogP contribution in [-0.2, 0) is 0 Å². The van der Waals surface area contributed by atoms with E-state index in [1.165, 1.54) is 6.07 Å². The van der Waals surface area contributed by atoms with Crippen molar-refractivity contribution >= 4 is 11.6 Å². The fourth-order valence-electron chi connectivity index (χ4n) is 1.99. The van der Waals surface area contributed by atoms with Crippen LogP contribution in [0.4, 0.5) is 0 Å². The van der Waals surface area contributed by atoms with Gasteiger partial charge in [0, 0.05) is 22.2 Å². The third-order valence-corrected chi connectivity index (χ3v) is 3.14. The van der Waals surface area contributed by atoms with Crippen LogP contribution in [0.3, 0.4) is 0 Å². The molecule has 0 saturated carbocycles. The first kappa shape index (κ1) is 12.6. The summed E-state index contributed by atoms with van der Waals surface area (Å²) in [7, 11) is 0. The molecule has 1 heterocycles. The van der Waals surface area contributed by atoms with Gasteiger partial charge in [-0.2, -0.15) is 0 Å². The molecule has 1 N–H and O–H groups in total. The molecule has 20 heavy (non-hydrogen) atoms. The van der Waals surface area contributed by atoms with Crippen LogP contribution in [0.15, 0.2) is 65.5 Å². The molecule has 0 aliphatic carbocycles. The van der Waals surface area contributed by atoms with Gasteiger partial charge in [-0.15, -0.1) is 0 Å². The van der Waals surface area contributed by atoms with Crippen LogP contribution in [0, 0.1) is 0 Å². The Kier molecular flexibility index (Phi) is 3.35. The van der Waals surface area contributed by atoms with E-state index in [2.05, 4.69) is 9.97 Å². The van der Waals surface area contributed by atoms with Crippen molar-refractivity contribution in [1.82, 2.24) is 9.97 Å². The minimum atomic E-state index is -0.186. The molecule has 0 fully saturated rings. The summed E-state index contributed by atoms with van der Waals surface area (Å²) in [5, 5.41) is 0.617. The normalized spacial score (nSPS) is 10.4. The topological polar surface area (TPSA) is 45.8 Å². The Morgan fingerprint density at radius 3 is 2.40 bits per heavy atom. The summed E-state index contributed by atoms with van der Waals surface area (Å²) in [6.45, 7) is 0. The summed E-state index contributed by atoms with van der Waals surface area (Å²) in [5.41, 5.74) is 2.11. The second-order valence-electron chi connectivity index (χ2n) is 4.36. The van der Waals surface area contributed by atoms with Crippen LogP contribution in [0.2, 0.25) is 5.02 Å². The number of aromatic nitrogens is 2. The summed E-state index contributed by atoms with van der Waals surface area (Å²) in [6, 6.07) is 18.3. The maximum absolute atomic E-state index is 11.8. The predicted octanol–water partition coefficient (Wildman–Crippen LogP) is 3.76. The van der Waals surface area contributed by atoms with E-state index in [4.69, 9.17) is 11.6 Å². The molecule has 0 saturated heterocycles. The molecule has 3 nitrogen and oxygen atoms in total. The van der Waals surface area contributed by atoms with Gasteiger partial charge >= 0.3 is 0 Å². The highest BCUT2D eigenvalue weighted by Crippen LogP contribution is 2.22. The highest BCUT2D eigenvalue weighted by Gasteiger charge is 2.06. The van der Waals surface area contributed by atoms with Crippen molar-refractivity contribution in [3.05, 3.63) is 76.0 Å². The summed E-state index contributed by atoms with van der Waals surface area (Å²) < 4.78 is 0. The van der Waals surface area contributed by atoms with Gasteiger partial charge in [-0.3, -0.25) is 4.79 Å². The van der Waals surface area contributed by atoms with Gasteiger partial charge < -0.3 is 4.98 Å². The van der Waals surface area contributed by atoms with Crippen LogP contribution >= 0.6 is 11.6 Å². The minimum absolute atomic E-state index is 0.186. The monoisotopic (exact) mass is 282 g/mol. The van der Waals surface area contributed by atoms with E-state index in [0.29, 0.717) is 16.5 Å². The van der Waals surface area contributed by atoms with Crippen LogP contribution in [0.5, 0.6) is 0 Å². The van der Waals surface area contributed by atoms with Gasteiger partial charge in [-0.1, -0.05) is 54.1 Å². The molecule has 0 aliphatic heterocycles. The highest BCUT2D eigenvalue weighted by molar-refractivity contribution is 6.30. The number of halogens is 1. The van der Waals surface area contributed by atoms with Crippen molar-refractivity contribution < 1.29 is 0 Å². The van der Waals surface area contributed by atoms with Gasteiger partial charge in [0.1, 0.15) is 5.82 Å². The molecule has 0 radical (unpaired) electrons. The third-order valence-electron chi connectivity index (χ3n) is 2.91. The highest BCUT2D eigenvalue weighted by atomic mass is 35.5. The first-order valence-electron chi connectivity index (χ1n) is 6.15. The number of aromatic amines is 1. The number of benzene rings is 2. The molecule has 0 bridgehead atoms. The maximum atomic E-state index is 11.8. The number of hydrogen-bond donors (Lipinski definition) is 1. The number of rotatable bonds is 2. The summed E-state index contributed by atoms with van der Waals surface area (Å²) >= 11 is 5.98. The van der Waals surface area contributed by atoms with Crippen molar-refractivity contribution in [2.24, 2.45) is 0 Å². The number of nitrogens with zero attached hydrogens (tertiary/aromatic N) is 1. The van der Waals surface area contributed by atoms with Crippen LogP contribution in [-0.4, -0.2) is 9.97 Å². The summed E-state index contributed by atoms with van der Waals surface area (Å²) in [5.74, 6) is 0.549. The molecule has 0 aliphatic rings. The summed E-state index contributed by atoms with van der Waals surface area (Å²) in [6.07, 6.45) is 0. The Morgan fingerprint density at radius 1 is 0.900 bits per heavy atom. The molecule has 0 amide bonds. The first-order valence-corrected chi connectivity index (χ1v) is 6.53. The lowest BCUT2D eigenvalue weighted by Crippen LogP contribution is -2.08. The van der Waals surface area contributed by atoms with Gasteiger partial charge in [0.15, 0.2) is 0 Å². The Labute approximate surface area is 120 Å². The molecule has 2 aromatic carbocycles. The first-order chi connectivity index (χ1) is 9.72. The molecular weight excluding hydrogens is 272 g/mol. The van der Waals surface area contributed by atoms with Gasteiger partial charge in [-0.25, -0.2) is 4.98 Å². The van der Waals surface area contributed by atoms with Crippen molar-refractivity contribution in [2.45, 2.75) is 0 Å².